The number of fused-ring (bicyclic) bond motifs is 1. The highest BCUT2D eigenvalue weighted by Crippen LogP contribution is 2.38. The number of nitrogens with one attached hydrogen (secondary N) is 2. The number of nitrogen functional groups attached to an aromatic ring is 1. The van der Waals surface area contributed by atoms with Crippen LogP contribution >= 0.6 is 11.5 Å². The van der Waals surface area contributed by atoms with Gasteiger partial charge < -0.3 is 21.8 Å². The fourth-order valence-electron chi connectivity index (χ4n) is 5.35. The summed E-state index contributed by atoms with van der Waals surface area (Å²) in [6.45, 7) is 3.87. The van der Waals surface area contributed by atoms with Crippen molar-refractivity contribution >= 4 is 51.5 Å². The van der Waals surface area contributed by atoms with Gasteiger partial charge in [0.05, 0.1) is 5.69 Å². The molecule has 39 heavy (non-hydrogen) atoms. The summed E-state index contributed by atoms with van der Waals surface area (Å²) < 4.78 is 4.05. The summed E-state index contributed by atoms with van der Waals surface area (Å²) >= 11 is 0.805. The molecule has 0 bridgehead atoms. The Labute approximate surface area is 230 Å². The van der Waals surface area contributed by atoms with Crippen molar-refractivity contribution in [3.8, 4) is 0 Å². The van der Waals surface area contributed by atoms with Crippen molar-refractivity contribution in [1.82, 2.24) is 14.7 Å². The molecule has 1 unspecified atom stereocenters. The van der Waals surface area contributed by atoms with Crippen molar-refractivity contribution < 1.29 is 14.4 Å². The summed E-state index contributed by atoms with van der Waals surface area (Å²) in [6.07, 6.45) is 6.83. The molecule has 5 rings (SSSR count). The molecule has 1 aliphatic rings. The predicted molar refractivity (Wildman–Crippen MR) is 154 cm³/mol. The first-order valence-corrected chi connectivity index (χ1v) is 13.9. The summed E-state index contributed by atoms with van der Waals surface area (Å²) in [5.41, 5.74) is 15.3. The Bertz CT molecular complexity index is 1550. The summed E-state index contributed by atoms with van der Waals surface area (Å²) in [6, 6.07) is 12.3. The van der Waals surface area contributed by atoms with E-state index in [1.54, 1.807) is 6.20 Å². The summed E-state index contributed by atoms with van der Waals surface area (Å²) in [4.78, 5) is 45.4. The number of carbonyl (C=O) groups excluding carboxylic acids is 3. The van der Waals surface area contributed by atoms with E-state index in [2.05, 4.69) is 14.7 Å². The molecule has 0 radical (unpaired) electrons. The molecule has 202 valence electrons. The van der Waals surface area contributed by atoms with Crippen molar-refractivity contribution in [1.29, 1.82) is 0 Å². The van der Waals surface area contributed by atoms with E-state index in [0.717, 1.165) is 65.7 Å². The second-order valence-corrected chi connectivity index (χ2v) is 10.8. The number of aromatic nitrogens is 2. The fourth-order valence-corrected chi connectivity index (χ4v) is 6.09. The Morgan fingerprint density at radius 2 is 1.82 bits per heavy atom. The average molecular weight is 545 g/mol. The number of nitrogens with zero attached hydrogens (tertiary/aromatic N) is 2. The molecule has 2 aromatic carbocycles. The fraction of sp³-hybridized carbons (Fsp3) is 0.310. The molecule has 9 nitrogen and oxygen atoms in total. The molecular weight excluding hydrogens is 512 g/mol. The predicted octanol–water partition coefficient (Wildman–Crippen LogP) is 4.76. The number of aryl methyl sites for hydroxylation is 1. The number of rotatable bonds is 7. The maximum Gasteiger partial charge on any atom is 0.273 e. The van der Waals surface area contributed by atoms with Gasteiger partial charge in [-0.1, -0.05) is 49.6 Å². The molecular formula is C29H32N6O3S. The summed E-state index contributed by atoms with van der Waals surface area (Å²) in [7, 11) is 0. The average Bonchev–Trinajstić information content (AvgIpc) is 3.53. The number of benzene rings is 2. The van der Waals surface area contributed by atoms with Gasteiger partial charge >= 0.3 is 0 Å². The lowest BCUT2D eigenvalue weighted by Crippen LogP contribution is -2.47. The lowest BCUT2D eigenvalue weighted by Gasteiger charge is -2.34. The molecule has 4 aromatic rings. The minimum absolute atomic E-state index is 0.0319. The van der Waals surface area contributed by atoms with Crippen molar-refractivity contribution in [2.24, 2.45) is 5.73 Å². The number of aromatic amines is 1. The number of hydrogen-bond acceptors (Lipinski definition) is 6. The molecule has 10 heteroatoms. The molecule has 0 spiro atoms. The highest BCUT2D eigenvalue weighted by molar-refractivity contribution is 7.09. The highest BCUT2D eigenvalue weighted by Gasteiger charge is 2.38. The highest BCUT2D eigenvalue weighted by atomic mass is 32.1. The van der Waals surface area contributed by atoms with Crippen LogP contribution < -0.4 is 21.7 Å². The molecule has 1 saturated carbocycles. The number of primary amides is 1. The third kappa shape index (κ3) is 4.99. The van der Waals surface area contributed by atoms with E-state index in [1.807, 2.05) is 56.3 Å². The second-order valence-electron chi connectivity index (χ2n) is 10.1. The first kappa shape index (κ1) is 26.4. The zero-order valence-electron chi connectivity index (χ0n) is 22.0. The number of nitrogens with two attached hydrogens (primary N) is 2. The van der Waals surface area contributed by atoms with E-state index in [0.29, 0.717) is 11.3 Å². The van der Waals surface area contributed by atoms with Gasteiger partial charge in [-0.15, -0.1) is 0 Å². The Morgan fingerprint density at radius 3 is 2.54 bits per heavy atom. The number of para-hydroxylation sites is 1. The van der Waals surface area contributed by atoms with Gasteiger partial charge in [-0.05, 0) is 61.5 Å². The third-order valence-corrected chi connectivity index (χ3v) is 8.43. The standard InChI is InChI=1S/C29H32N6O3S/c1-16-9-8-14-22(17(16)2)35(29(38)26-23(30)24(27(31)36)34-39-26)25(28(37)33-18-10-4-3-5-11-18)20-15-32-21-13-7-6-12-19(20)21/h6-9,12-15,18,25,32H,3-5,10-11,30H2,1-2H3,(H2,31,36)(H,33,37). The lowest BCUT2D eigenvalue weighted by atomic mass is 9.94. The van der Waals surface area contributed by atoms with E-state index >= 15 is 0 Å². The lowest BCUT2D eigenvalue weighted by molar-refractivity contribution is -0.123. The second kappa shape index (κ2) is 10.9. The van der Waals surface area contributed by atoms with Gasteiger partial charge in [0, 0.05) is 34.4 Å². The first-order chi connectivity index (χ1) is 18.8. The van der Waals surface area contributed by atoms with Gasteiger partial charge in [-0.25, -0.2) is 0 Å². The molecule has 2 aromatic heterocycles. The van der Waals surface area contributed by atoms with Gasteiger partial charge in [0.15, 0.2) is 5.69 Å². The van der Waals surface area contributed by atoms with E-state index < -0.39 is 17.9 Å². The molecule has 2 heterocycles. The molecule has 6 N–H and O–H groups in total. The van der Waals surface area contributed by atoms with Crippen molar-refractivity contribution in [2.75, 3.05) is 10.6 Å². The van der Waals surface area contributed by atoms with E-state index in [1.165, 1.54) is 4.90 Å². The zero-order chi connectivity index (χ0) is 27.7. The van der Waals surface area contributed by atoms with Crippen molar-refractivity contribution in [3.63, 3.8) is 0 Å². The van der Waals surface area contributed by atoms with Gasteiger partial charge in [0.1, 0.15) is 10.9 Å². The number of hydrogen-bond donors (Lipinski definition) is 4. The Hall–Kier alpha value is -4.18. The number of amides is 3. The minimum Gasteiger partial charge on any atom is -0.395 e. The van der Waals surface area contributed by atoms with Crippen molar-refractivity contribution in [3.05, 3.63) is 75.9 Å². The van der Waals surface area contributed by atoms with Crippen LogP contribution in [0.3, 0.4) is 0 Å². The van der Waals surface area contributed by atoms with Gasteiger partial charge in [0.25, 0.3) is 11.8 Å². The van der Waals surface area contributed by atoms with Crippen LogP contribution in [0.4, 0.5) is 11.4 Å². The molecule has 3 amide bonds. The van der Waals surface area contributed by atoms with Crippen LogP contribution in [-0.2, 0) is 4.79 Å². The molecule has 0 saturated heterocycles. The largest absolute Gasteiger partial charge is 0.395 e. The SMILES string of the molecule is Cc1cccc(N(C(=O)c2snc(C(N)=O)c2N)C(C(=O)NC2CCCCC2)c2c[nH]c3ccccc23)c1C. The first-order valence-electron chi connectivity index (χ1n) is 13.1. The quantitative estimate of drug-likeness (QED) is 0.265. The molecule has 1 atom stereocenters. The summed E-state index contributed by atoms with van der Waals surface area (Å²) in [5.74, 6) is -1.62. The molecule has 0 aliphatic heterocycles. The van der Waals surface area contributed by atoms with Gasteiger partial charge in [0.2, 0.25) is 5.91 Å². The van der Waals surface area contributed by atoms with Crippen LogP contribution in [0, 0.1) is 13.8 Å². The third-order valence-electron chi connectivity index (χ3n) is 7.58. The maximum absolute atomic E-state index is 14.4. The van der Waals surface area contributed by atoms with E-state index in [4.69, 9.17) is 11.5 Å². The van der Waals surface area contributed by atoms with Crippen LogP contribution in [0.15, 0.2) is 48.7 Å². The topological polar surface area (TPSA) is 147 Å². The zero-order valence-corrected chi connectivity index (χ0v) is 22.8. The normalized spacial score (nSPS) is 14.7. The van der Waals surface area contributed by atoms with Crippen LogP contribution in [0.25, 0.3) is 10.9 Å². The smallest absolute Gasteiger partial charge is 0.273 e. The number of anilines is 2. The Balaban J connectivity index is 1.71. The monoisotopic (exact) mass is 544 g/mol. The van der Waals surface area contributed by atoms with E-state index in [9.17, 15) is 14.4 Å². The Kier molecular flexibility index (Phi) is 7.38. The van der Waals surface area contributed by atoms with Crippen LogP contribution in [0.5, 0.6) is 0 Å². The molecule has 1 aliphatic carbocycles. The van der Waals surface area contributed by atoms with Crippen LogP contribution in [0.2, 0.25) is 0 Å². The number of H-pyrrole nitrogens is 1. The van der Waals surface area contributed by atoms with Crippen LogP contribution in [0.1, 0.15) is 75.0 Å². The summed E-state index contributed by atoms with van der Waals surface area (Å²) in [5, 5.41) is 4.07. The minimum atomic E-state index is -1.02. The Morgan fingerprint density at radius 1 is 1.08 bits per heavy atom. The van der Waals surface area contributed by atoms with E-state index in [-0.39, 0.29) is 28.2 Å². The number of carbonyl (C=O) groups is 3. The van der Waals surface area contributed by atoms with Gasteiger partial charge in [-0.3, -0.25) is 19.3 Å². The maximum atomic E-state index is 14.4. The molecule has 1 fully saturated rings. The van der Waals surface area contributed by atoms with Gasteiger partial charge in [-0.2, -0.15) is 4.37 Å². The van der Waals surface area contributed by atoms with Crippen LogP contribution in [-0.4, -0.2) is 33.1 Å². The van der Waals surface area contributed by atoms with Crippen molar-refractivity contribution in [2.45, 2.75) is 58.0 Å².